The maximum absolute atomic E-state index is 11.3. The molecule has 0 radical (unpaired) electrons. The van der Waals surface area contributed by atoms with Crippen molar-refractivity contribution in [3.63, 3.8) is 0 Å². The van der Waals surface area contributed by atoms with Crippen molar-refractivity contribution in [1.29, 1.82) is 0 Å². The molecular formula is C11H22N2O4S. The fourth-order valence-electron chi connectivity index (χ4n) is 1.37. The number of carbonyl (C=O) groups is 1. The maximum atomic E-state index is 11.3. The SMILES string of the molecule is C=C(CNCC(C)(C)NS(C)(=O)=O)C(=O)OCC. The molecule has 0 heterocycles. The van der Waals surface area contributed by atoms with Gasteiger partial charge in [0.05, 0.1) is 12.9 Å². The molecule has 0 rings (SSSR count). The molecule has 0 fully saturated rings. The van der Waals surface area contributed by atoms with Crippen LogP contribution in [-0.4, -0.2) is 45.9 Å². The average Bonchev–Trinajstić information content (AvgIpc) is 2.13. The predicted octanol–water partition coefficient (Wildman–Crippen LogP) is 0.0231. The number of rotatable bonds is 8. The lowest BCUT2D eigenvalue weighted by Crippen LogP contribution is -2.50. The van der Waals surface area contributed by atoms with E-state index in [0.717, 1.165) is 6.26 Å². The van der Waals surface area contributed by atoms with E-state index >= 15 is 0 Å². The lowest BCUT2D eigenvalue weighted by Gasteiger charge is -2.25. The molecule has 0 aromatic rings. The fourth-order valence-corrected chi connectivity index (χ4v) is 2.45. The summed E-state index contributed by atoms with van der Waals surface area (Å²) >= 11 is 0. The Balaban J connectivity index is 4.11. The average molecular weight is 278 g/mol. The molecule has 7 heteroatoms. The van der Waals surface area contributed by atoms with Crippen LogP contribution < -0.4 is 10.0 Å². The van der Waals surface area contributed by atoms with Crippen molar-refractivity contribution in [2.24, 2.45) is 0 Å². The van der Waals surface area contributed by atoms with E-state index in [2.05, 4.69) is 16.6 Å². The van der Waals surface area contributed by atoms with Crippen LogP contribution in [0.4, 0.5) is 0 Å². The molecule has 0 saturated heterocycles. The van der Waals surface area contributed by atoms with Gasteiger partial charge >= 0.3 is 5.97 Å². The van der Waals surface area contributed by atoms with Crippen molar-refractivity contribution in [3.8, 4) is 0 Å². The third-order valence-corrected chi connectivity index (χ3v) is 2.85. The van der Waals surface area contributed by atoms with Crippen LogP contribution >= 0.6 is 0 Å². The van der Waals surface area contributed by atoms with E-state index in [1.165, 1.54) is 0 Å². The highest BCUT2D eigenvalue weighted by Crippen LogP contribution is 2.02. The molecule has 0 bridgehead atoms. The van der Waals surface area contributed by atoms with Gasteiger partial charge in [0.15, 0.2) is 0 Å². The van der Waals surface area contributed by atoms with Crippen LogP contribution in [0.3, 0.4) is 0 Å². The Labute approximate surface area is 109 Å². The molecular weight excluding hydrogens is 256 g/mol. The first-order valence-electron chi connectivity index (χ1n) is 5.62. The first kappa shape index (κ1) is 17.1. The van der Waals surface area contributed by atoms with Crippen molar-refractivity contribution in [1.82, 2.24) is 10.0 Å². The van der Waals surface area contributed by atoms with Crippen LogP contribution in [0, 0.1) is 0 Å². The van der Waals surface area contributed by atoms with Crippen LogP contribution in [-0.2, 0) is 19.6 Å². The summed E-state index contributed by atoms with van der Waals surface area (Å²) in [5, 5.41) is 2.96. The van der Waals surface area contributed by atoms with Gasteiger partial charge in [0.2, 0.25) is 10.0 Å². The summed E-state index contributed by atoms with van der Waals surface area (Å²) in [7, 11) is -3.26. The Hall–Kier alpha value is -0.920. The van der Waals surface area contributed by atoms with Crippen molar-refractivity contribution >= 4 is 16.0 Å². The molecule has 0 aliphatic carbocycles. The fraction of sp³-hybridized carbons (Fsp3) is 0.727. The molecule has 18 heavy (non-hydrogen) atoms. The summed E-state index contributed by atoms with van der Waals surface area (Å²) < 4.78 is 29.5. The van der Waals surface area contributed by atoms with E-state index in [4.69, 9.17) is 4.74 Å². The van der Waals surface area contributed by atoms with Gasteiger partial charge in [0.1, 0.15) is 0 Å². The zero-order valence-corrected chi connectivity index (χ0v) is 12.2. The Morgan fingerprint density at radius 3 is 2.39 bits per heavy atom. The topological polar surface area (TPSA) is 84.5 Å². The summed E-state index contributed by atoms with van der Waals surface area (Å²) in [4.78, 5) is 11.3. The Kier molecular flexibility index (Phi) is 6.51. The number of carbonyl (C=O) groups excluding carboxylic acids is 1. The lowest BCUT2D eigenvalue weighted by atomic mass is 10.1. The minimum Gasteiger partial charge on any atom is -0.463 e. The molecule has 2 N–H and O–H groups in total. The molecule has 106 valence electrons. The van der Waals surface area contributed by atoms with Crippen LogP contribution in [0.5, 0.6) is 0 Å². The number of esters is 1. The minimum atomic E-state index is -3.26. The van der Waals surface area contributed by atoms with Gasteiger partial charge in [-0.1, -0.05) is 6.58 Å². The van der Waals surface area contributed by atoms with E-state index in [9.17, 15) is 13.2 Å². The van der Waals surface area contributed by atoms with Crippen LogP contribution in [0.2, 0.25) is 0 Å². The minimum absolute atomic E-state index is 0.258. The van der Waals surface area contributed by atoms with Gasteiger partial charge in [-0.15, -0.1) is 0 Å². The highest BCUT2D eigenvalue weighted by molar-refractivity contribution is 7.88. The summed E-state index contributed by atoms with van der Waals surface area (Å²) in [6.45, 7) is 9.74. The molecule has 0 aliphatic heterocycles. The highest BCUT2D eigenvalue weighted by Gasteiger charge is 2.21. The molecule has 0 amide bonds. The largest absolute Gasteiger partial charge is 0.463 e. The Morgan fingerprint density at radius 2 is 1.94 bits per heavy atom. The van der Waals surface area contributed by atoms with E-state index in [0.29, 0.717) is 18.7 Å². The molecule has 0 atom stereocenters. The van der Waals surface area contributed by atoms with Gasteiger partial charge < -0.3 is 10.1 Å². The van der Waals surface area contributed by atoms with E-state index < -0.39 is 21.5 Å². The van der Waals surface area contributed by atoms with E-state index in [1.807, 2.05) is 0 Å². The quantitative estimate of drug-likeness (QED) is 0.483. The smallest absolute Gasteiger partial charge is 0.334 e. The summed E-state index contributed by atoms with van der Waals surface area (Å²) in [6, 6.07) is 0. The zero-order chi connectivity index (χ0) is 14.4. The molecule has 0 aromatic carbocycles. The zero-order valence-electron chi connectivity index (χ0n) is 11.4. The second-order valence-electron chi connectivity index (χ2n) is 4.69. The first-order chi connectivity index (χ1) is 8.07. The third-order valence-electron chi connectivity index (χ3n) is 1.93. The van der Waals surface area contributed by atoms with Crippen molar-refractivity contribution in [3.05, 3.63) is 12.2 Å². The number of hydrogen-bond donors (Lipinski definition) is 2. The van der Waals surface area contributed by atoms with Gasteiger partial charge in [-0.3, -0.25) is 0 Å². The van der Waals surface area contributed by atoms with Gasteiger partial charge in [-0.25, -0.2) is 17.9 Å². The number of hydrogen-bond acceptors (Lipinski definition) is 5. The molecule has 0 aromatic heterocycles. The first-order valence-corrected chi connectivity index (χ1v) is 7.51. The number of nitrogens with one attached hydrogen (secondary N) is 2. The normalized spacial score (nSPS) is 12.2. The van der Waals surface area contributed by atoms with Gasteiger partial charge in [-0.05, 0) is 20.8 Å². The van der Waals surface area contributed by atoms with E-state index in [-0.39, 0.29) is 6.54 Å². The highest BCUT2D eigenvalue weighted by atomic mass is 32.2. The molecule has 0 saturated carbocycles. The summed E-state index contributed by atoms with van der Waals surface area (Å²) in [5.41, 5.74) is -0.324. The second-order valence-corrected chi connectivity index (χ2v) is 6.43. The van der Waals surface area contributed by atoms with Crippen LogP contribution in [0.25, 0.3) is 0 Å². The van der Waals surface area contributed by atoms with Crippen molar-refractivity contribution in [2.75, 3.05) is 26.0 Å². The Bertz CT molecular complexity index is 401. The number of ether oxygens (including phenoxy) is 1. The van der Waals surface area contributed by atoms with Gasteiger partial charge in [0.25, 0.3) is 0 Å². The number of sulfonamides is 1. The van der Waals surface area contributed by atoms with Gasteiger partial charge in [-0.2, -0.15) is 0 Å². The van der Waals surface area contributed by atoms with Crippen LogP contribution in [0.1, 0.15) is 20.8 Å². The lowest BCUT2D eigenvalue weighted by molar-refractivity contribution is -0.138. The maximum Gasteiger partial charge on any atom is 0.334 e. The molecule has 6 nitrogen and oxygen atoms in total. The van der Waals surface area contributed by atoms with Crippen molar-refractivity contribution in [2.45, 2.75) is 26.3 Å². The second kappa shape index (κ2) is 6.86. The van der Waals surface area contributed by atoms with E-state index in [1.54, 1.807) is 20.8 Å². The molecule has 0 spiro atoms. The van der Waals surface area contributed by atoms with Crippen molar-refractivity contribution < 1.29 is 17.9 Å². The predicted molar refractivity (Wildman–Crippen MR) is 70.7 cm³/mol. The standard InChI is InChI=1S/C11H22N2O4S/c1-6-17-10(14)9(2)7-12-8-11(3,4)13-18(5,15)16/h12-13H,2,6-8H2,1,3-5H3. The summed E-state index contributed by atoms with van der Waals surface area (Å²) in [5.74, 6) is -0.445. The molecule has 0 unspecified atom stereocenters. The third kappa shape index (κ3) is 8.21. The van der Waals surface area contributed by atoms with Crippen LogP contribution in [0.15, 0.2) is 12.2 Å². The summed E-state index contributed by atoms with van der Waals surface area (Å²) in [6.07, 6.45) is 1.10. The monoisotopic (exact) mass is 278 g/mol. The van der Waals surface area contributed by atoms with Gasteiger partial charge in [0, 0.05) is 24.2 Å². The molecule has 0 aliphatic rings. The Morgan fingerprint density at radius 1 is 1.39 bits per heavy atom.